The molecule has 2 aromatic carbocycles. The lowest BCUT2D eigenvalue weighted by atomic mass is 10.1. The largest absolute Gasteiger partial charge is 0.484 e. The summed E-state index contributed by atoms with van der Waals surface area (Å²) in [5, 5.41) is 2.61. The molecular weight excluding hydrogens is 340 g/mol. The predicted molar refractivity (Wildman–Crippen MR) is 107 cm³/mol. The molecule has 0 aromatic heterocycles. The maximum atomic E-state index is 12.8. The summed E-state index contributed by atoms with van der Waals surface area (Å²) in [6.07, 6.45) is 0.678. The smallest absolute Gasteiger partial charge is 0.261 e. The molecular formula is C22H28N2O3. The van der Waals surface area contributed by atoms with E-state index < -0.39 is 6.04 Å². The number of aryl methyl sites for hydroxylation is 2. The summed E-state index contributed by atoms with van der Waals surface area (Å²) in [5.41, 5.74) is 3.28. The number of nitrogens with zero attached hydrogens (tertiary/aromatic N) is 1. The highest BCUT2D eigenvalue weighted by Gasteiger charge is 2.25. The van der Waals surface area contributed by atoms with Gasteiger partial charge in [-0.05, 0) is 56.0 Å². The van der Waals surface area contributed by atoms with E-state index in [1.54, 1.807) is 18.9 Å². The Kier molecular flexibility index (Phi) is 7.41. The fourth-order valence-corrected chi connectivity index (χ4v) is 3.02. The third kappa shape index (κ3) is 6.13. The summed E-state index contributed by atoms with van der Waals surface area (Å²) >= 11 is 0. The van der Waals surface area contributed by atoms with E-state index in [1.165, 1.54) is 0 Å². The summed E-state index contributed by atoms with van der Waals surface area (Å²) in [5.74, 6) is 0.264. The molecule has 0 bridgehead atoms. The first-order valence-corrected chi connectivity index (χ1v) is 9.16. The Labute approximate surface area is 161 Å². The molecule has 5 heteroatoms. The van der Waals surface area contributed by atoms with Crippen LogP contribution in [-0.4, -0.2) is 43.0 Å². The minimum absolute atomic E-state index is 0.0982. The van der Waals surface area contributed by atoms with Crippen LogP contribution in [0, 0.1) is 13.8 Å². The molecule has 0 radical (unpaired) electrons. The Hall–Kier alpha value is -2.82. The van der Waals surface area contributed by atoms with Gasteiger partial charge in [0, 0.05) is 13.6 Å². The topological polar surface area (TPSA) is 58.6 Å². The Morgan fingerprint density at radius 1 is 1.07 bits per heavy atom. The van der Waals surface area contributed by atoms with Crippen LogP contribution < -0.4 is 10.1 Å². The third-order valence-corrected chi connectivity index (χ3v) is 4.46. The molecule has 2 amide bonds. The monoisotopic (exact) mass is 368 g/mol. The molecule has 0 saturated carbocycles. The van der Waals surface area contributed by atoms with Crippen LogP contribution in [0.3, 0.4) is 0 Å². The number of nitrogens with one attached hydrogen (secondary N) is 1. The van der Waals surface area contributed by atoms with Gasteiger partial charge in [0.25, 0.3) is 5.91 Å². The molecule has 0 spiro atoms. The van der Waals surface area contributed by atoms with E-state index in [0.717, 1.165) is 16.7 Å². The molecule has 0 aliphatic rings. The standard InChI is InChI=1S/C22H28N2O3/c1-16-12-17(2)14-20(13-16)27-15-21(25)24(18(3)22(26)23-4)11-10-19-8-6-5-7-9-19/h5-9,12-14,18H,10-11,15H2,1-4H3,(H,23,26). The van der Waals surface area contributed by atoms with E-state index in [-0.39, 0.29) is 18.4 Å². The molecule has 0 heterocycles. The zero-order chi connectivity index (χ0) is 19.8. The van der Waals surface area contributed by atoms with Crippen LogP contribution in [0.1, 0.15) is 23.6 Å². The molecule has 1 unspecified atom stereocenters. The van der Waals surface area contributed by atoms with E-state index in [2.05, 4.69) is 11.4 Å². The van der Waals surface area contributed by atoms with Gasteiger partial charge >= 0.3 is 0 Å². The van der Waals surface area contributed by atoms with E-state index in [0.29, 0.717) is 18.7 Å². The Balaban J connectivity index is 2.06. The lowest BCUT2D eigenvalue weighted by Gasteiger charge is -2.28. The molecule has 0 aliphatic carbocycles. The van der Waals surface area contributed by atoms with Crippen molar-refractivity contribution in [3.63, 3.8) is 0 Å². The molecule has 1 N–H and O–H groups in total. The van der Waals surface area contributed by atoms with Crippen molar-refractivity contribution < 1.29 is 14.3 Å². The lowest BCUT2D eigenvalue weighted by molar-refractivity contribution is -0.141. The second kappa shape index (κ2) is 9.76. The molecule has 2 aromatic rings. The van der Waals surface area contributed by atoms with Crippen LogP contribution >= 0.6 is 0 Å². The number of amides is 2. The van der Waals surface area contributed by atoms with Crippen molar-refractivity contribution >= 4 is 11.8 Å². The number of hydrogen-bond acceptors (Lipinski definition) is 3. The summed E-state index contributed by atoms with van der Waals surface area (Å²) in [6, 6.07) is 15.2. The number of likely N-dealkylation sites (N-methyl/N-ethyl adjacent to an activating group) is 1. The maximum absolute atomic E-state index is 12.8. The Morgan fingerprint density at radius 2 is 1.70 bits per heavy atom. The molecule has 27 heavy (non-hydrogen) atoms. The van der Waals surface area contributed by atoms with Gasteiger partial charge in [0.1, 0.15) is 11.8 Å². The Bertz CT molecular complexity index is 754. The summed E-state index contributed by atoms with van der Waals surface area (Å²) in [7, 11) is 1.57. The first-order valence-electron chi connectivity index (χ1n) is 9.16. The van der Waals surface area contributed by atoms with Crippen molar-refractivity contribution in [3.05, 3.63) is 65.2 Å². The minimum atomic E-state index is -0.561. The van der Waals surface area contributed by atoms with Crippen molar-refractivity contribution in [1.29, 1.82) is 0 Å². The van der Waals surface area contributed by atoms with Gasteiger partial charge in [-0.15, -0.1) is 0 Å². The number of benzene rings is 2. The normalized spacial score (nSPS) is 11.6. The van der Waals surface area contributed by atoms with Gasteiger partial charge in [-0.25, -0.2) is 0 Å². The highest BCUT2D eigenvalue weighted by molar-refractivity contribution is 5.87. The van der Waals surface area contributed by atoms with E-state index in [9.17, 15) is 9.59 Å². The van der Waals surface area contributed by atoms with E-state index in [4.69, 9.17) is 4.74 Å². The van der Waals surface area contributed by atoms with E-state index in [1.807, 2.05) is 56.3 Å². The van der Waals surface area contributed by atoms with Gasteiger partial charge in [0.05, 0.1) is 0 Å². The van der Waals surface area contributed by atoms with Crippen molar-refractivity contribution in [2.24, 2.45) is 0 Å². The number of hydrogen-bond donors (Lipinski definition) is 1. The molecule has 5 nitrogen and oxygen atoms in total. The van der Waals surface area contributed by atoms with Crippen LogP contribution in [0.15, 0.2) is 48.5 Å². The molecule has 0 saturated heterocycles. The second-order valence-corrected chi connectivity index (χ2v) is 6.73. The van der Waals surface area contributed by atoms with Gasteiger partial charge < -0.3 is 15.0 Å². The van der Waals surface area contributed by atoms with Crippen molar-refractivity contribution in [2.45, 2.75) is 33.2 Å². The van der Waals surface area contributed by atoms with Crippen LogP contribution in [-0.2, 0) is 16.0 Å². The van der Waals surface area contributed by atoms with Crippen molar-refractivity contribution in [3.8, 4) is 5.75 Å². The predicted octanol–water partition coefficient (Wildman–Crippen LogP) is 2.89. The van der Waals surface area contributed by atoms with Crippen LogP contribution in [0.2, 0.25) is 0 Å². The lowest BCUT2D eigenvalue weighted by Crippen LogP contribution is -2.49. The summed E-state index contributed by atoms with van der Waals surface area (Å²) < 4.78 is 5.70. The highest BCUT2D eigenvalue weighted by Crippen LogP contribution is 2.16. The summed E-state index contributed by atoms with van der Waals surface area (Å²) in [4.78, 5) is 26.5. The fourth-order valence-electron chi connectivity index (χ4n) is 3.02. The molecule has 0 fully saturated rings. The molecule has 0 aliphatic heterocycles. The quantitative estimate of drug-likeness (QED) is 0.779. The zero-order valence-electron chi connectivity index (χ0n) is 16.5. The number of carbonyl (C=O) groups excluding carboxylic acids is 2. The average Bonchev–Trinajstić information content (AvgIpc) is 2.65. The van der Waals surface area contributed by atoms with Crippen molar-refractivity contribution in [2.75, 3.05) is 20.2 Å². The first kappa shape index (κ1) is 20.5. The van der Waals surface area contributed by atoms with Gasteiger partial charge in [0.15, 0.2) is 6.61 Å². The highest BCUT2D eigenvalue weighted by atomic mass is 16.5. The van der Waals surface area contributed by atoms with Crippen LogP contribution in [0.25, 0.3) is 0 Å². The Morgan fingerprint density at radius 3 is 2.30 bits per heavy atom. The van der Waals surface area contributed by atoms with Crippen LogP contribution in [0.4, 0.5) is 0 Å². The number of carbonyl (C=O) groups is 2. The first-order chi connectivity index (χ1) is 12.9. The fraction of sp³-hybridized carbons (Fsp3) is 0.364. The van der Waals surface area contributed by atoms with Crippen LogP contribution in [0.5, 0.6) is 5.75 Å². The molecule has 2 rings (SSSR count). The summed E-state index contributed by atoms with van der Waals surface area (Å²) in [6.45, 7) is 6.06. The molecule has 144 valence electrons. The van der Waals surface area contributed by atoms with E-state index >= 15 is 0 Å². The van der Waals surface area contributed by atoms with Gasteiger partial charge in [0.2, 0.25) is 5.91 Å². The average molecular weight is 368 g/mol. The SMILES string of the molecule is CNC(=O)C(C)N(CCc1ccccc1)C(=O)COc1cc(C)cc(C)c1. The number of ether oxygens (including phenoxy) is 1. The van der Waals surface area contributed by atoms with Crippen molar-refractivity contribution in [1.82, 2.24) is 10.2 Å². The van der Waals surface area contributed by atoms with Gasteiger partial charge in [-0.3, -0.25) is 9.59 Å². The zero-order valence-corrected chi connectivity index (χ0v) is 16.5. The second-order valence-electron chi connectivity index (χ2n) is 6.73. The van der Waals surface area contributed by atoms with Gasteiger partial charge in [-0.1, -0.05) is 36.4 Å². The maximum Gasteiger partial charge on any atom is 0.261 e. The minimum Gasteiger partial charge on any atom is -0.484 e. The number of rotatable bonds is 8. The third-order valence-electron chi connectivity index (χ3n) is 4.46. The van der Waals surface area contributed by atoms with Gasteiger partial charge in [-0.2, -0.15) is 0 Å². The molecule has 1 atom stereocenters.